The number of aromatic nitrogens is 1. The molecule has 3 rings (SSSR count). The van der Waals surface area contributed by atoms with E-state index in [0.717, 1.165) is 44.8 Å². The third-order valence-corrected chi connectivity index (χ3v) is 5.22. The van der Waals surface area contributed by atoms with Gasteiger partial charge in [0.2, 0.25) is 0 Å². The van der Waals surface area contributed by atoms with Crippen LogP contribution >= 0.6 is 0 Å². The largest absolute Gasteiger partial charge is 0.340 e. The predicted molar refractivity (Wildman–Crippen MR) is 103 cm³/mol. The molecule has 0 amide bonds. The minimum atomic E-state index is 0.00826. The van der Waals surface area contributed by atoms with Crippen molar-refractivity contribution in [2.24, 2.45) is 11.8 Å². The number of hydrogen-bond acceptors (Lipinski definition) is 2. The van der Waals surface area contributed by atoms with Crippen molar-refractivity contribution in [3.63, 3.8) is 0 Å². The SMILES string of the molecule is CCC(C=O)CCC(C=O)CCn1c2ccccc2c2ccccc21. The summed E-state index contributed by atoms with van der Waals surface area (Å²) in [5.41, 5.74) is 2.43. The van der Waals surface area contributed by atoms with Crippen molar-refractivity contribution in [1.82, 2.24) is 4.57 Å². The van der Waals surface area contributed by atoms with Crippen LogP contribution in [0.4, 0.5) is 0 Å². The van der Waals surface area contributed by atoms with Gasteiger partial charge in [0, 0.05) is 40.2 Å². The number of carbonyl (C=O) groups is 2. The fourth-order valence-corrected chi connectivity index (χ4v) is 3.62. The number of aldehydes is 2. The van der Waals surface area contributed by atoms with Gasteiger partial charge in [0.25, 0.3) is 0 Å². The highest BCUT2D eigenvalue weighted by atomic mass is 16.1. The molecule has 1 heterocycles. The van der Waals surface area contributed by atoms with E-state index in [0.29, 0.717) is 0 Å². The zero-order valence-electron chi connectivity index (χ0n) is 14.7. The summed E-state index contributed by atoms with van der Waals surface area (Å²) in [6, 6.07) is 16.9. The van der Waals surface area contributed by atoms with Crippen LogP contribution in [0, 0.1) is 11.8 Å². The first-order chi connectivity index (χ1) is 12.3. The van der Waals surface area contributed by atoms with E-state index in [1.54, 1.807) is 0 Å². The maximum atomic E-state index is 11.5. The Kier molecular flexibility index (Phi) is 5.64. The first-order valence-electron chi connectivity index (χ1n) is 9.15. The molecule has 0 radical (unpaired) electrons. The molecule has 0 aliphatic heterocycles. The van der Waals surface area contributed by atoms with Gasteiger partial charge < -0.3 is 14.2 Å². The smallest absolute Gasteiger partial charge is 0.123 e. The molecule has 0 fully saturated rings. The maximum Gasteiger partial charge on any atom is 0.123 e. The number of nitrogens with zero attached hydrogens (tertiary/aromatic N) is 1. The van der Waals surface area contributed by atoms with Crippen LogP contribution in [0.5, 0.6) is 0 Å². The molecule has 0 bridgehead atoms. The number of rotatable bonds is 9. The fraction of sp³-hybridized carbons (Fsp3) is 0.364. The average molecular weight is 335 g/mol. The lowest BCUT2D eigenvalue weighted by Crippen LogP contribution is -2.10. The molecule has 3 heteroatoms. The Balaban J connectivity index is 1.79. The van der Waals surface area contributed by atoms with Crippen molar-refractivity contribution < 1.29 is 9.59 Å². The molecule has 3 nitrogen and oxygen atoms in total. The van der Waals surface area contributed by atoms with E-state index < -0.39 is 0 Å². The molecule has 3 aromatic rings. The first-order valence-corrected chi connectivity index (χ1v) is 9.15. The Labute approximate surface area is 148 Å². The van der Waals surface area contributed by atoms with Crippen LogP contribution in [-0.2, 0) is 16.1 Å². The molecule has 0 N–H and O–H groups in total. The molecular formula is C22H25NO2. The van der Waals surface area contributed by atoms with E-state index >= 15 is 0 Å². The van der Waals surface area contributed by atoms with Gasteiger partial charge in [0.1, 0.15) is 12.6 Å². The normalized spacial score (nSPS) is 13.8. The Hall–Kier alpha value is -2.42. The van der Waals surface area contributed by atoms with Crippen LogP contribution in [0.2, 0.25) is 0 Å². The zero-order chi connectivity index (χ0) is 17.6. The molecule has 25 heavy (non-hydrogen) atoms. The maximum absolute atomic E-state index is 11.5. The second-order valence-electron chi connectivity index (χ2n) is 6.75. The van der Waals surface area contributed by atoms with Gasteiger partial charge in [-0.2, -0.15) is 0 Å². The highest BCUT2D eigenvalue weighted by Crippen LogP contribution is 2.29. The van der Waals surface area contributed by atoms with Crippen LogP contribution in [0.3, 0.4) is 0 Å². The molecule has 2 atom stereocenters. The number of aryl methyl sites for hydroxylation is 1. The standard InChI is InChI=1S/C22H25NO2/c1-2-17(15-24)11-12-18(16-25)13-14-23-21-9-5-3-7-19(21)20-8-4-6-10-22(20)23/h3-10,15-18H,2,11-14H2,1H3. The minimum Gasteiger partial charge on any atom is -0.340 e. The summed E-state index contributed by atoms with van der Waals surface area (Å²) in [7, 11) is 0. The number of fused-ring (bicyclic) bond motifs is 3. The molecule has 0 saturated heterocycles. The summed E-state index contributed by atoms with van der Waals surface area (Å²) in [5.74, 6) is 0.0876. The molecule has 1 aromatic heterocycles. The van der Waals surface area contributed by atoms with Crippen molar-refractivity contribution in [3.8, 4) is 0 Å². The fourth-order valence-electron chi connectivity index (χ4n) is 3.62. The number of carbonyl (C=O) groups excluding carboxylic acids is 2. The molecule has 2 aromatic carbocycles. The van der Waals surface area contributed by atoms with Crippen LogP contribution in [-0.4, -0.2) is 17.1 Å². The van der Waals surface area contributed by atoms with Gasteiger partial charge in [0.15, 0.2) is 0 Å². The summed E-state index contributed by atoms with van der Waals surface area (Å²) < 4.78 is 2.32. The summed E-state index contributed by atoms with van der Waals surface area (Å²) in [4.78, 5) is 22.5. The predicted octanol–water partition coefficient (Wildman–Crippen LogP) is 5.01. The lowest BCUT2D eigenvalue weighted by molar-refractivity contribution is -0.113. The number of hydrogen-bond donors (Lipinski definition) is 0. The van der Waals surface area contributed by atoms with Gasteiger partial charge in [-0.05, 0) is 37.8 Å². The van der Waals surface area contributed by atoms with Crippen LogP contribution in [0.15, 0.2) is 48.5 Å². The molecule has 0 aliphatic carbocycles. The van der Waals surface area contributed by atoms with Gasteiger partial charge in [-0.3, -0.25) is 0 Å². The zero-order valence-corrected chi connectivity index (χ0v) is 14.7. The molecule has 0 spiro atoms. The molecular weight excluding hydrogens is 310 g/mol. The van der Waals surface area contributed by atoms with Gasteiger partial charge >= 0.3 is 0 Å². The van der Waals surface area contributed by atoms with Crippen LogP contribution in [0.1, 0.15) is 32.6 Å². The first kappa shape index (κ1) is 17.4. The number of para-hydroxylation sites is 2. The van der Waals surface area contributed by atoms with Crippen LogP contribution in [0.25, 0.3) is 21.8 Å². The van der Waals surface area contributed by atoms with Crippen molar-refractivity contribution in [3.05, 3.63) is 48.5 Å². The Bertz CT molecular complexity index is 811. The second-order valence-corrected chi connectivity index (χ2v) is 6.75. The quantitative estimate of drug-likeness (QED) is 0.516. The average Bonchev–Trinajstić information content (AvgIpc) is 2.99. The monoisotopic (exact) mass is 335 g/mol. The van der Waals surface area contributed by atoms with Crippen molar-refractivity contribution in [2.75, 3.05) is 0 Å². The summed E-state index contributed by atoms with van der Waals surface area (Å²) >= 11 is 0. The third kappa shape index (κ3) is 3.65. The number of benzene rings is 2. The van der Waals surface area contributed by atoms with Crippen molar-refractivity contribution >= 4 is 34.4 Å². The molecule has 130 valence electrons. The van der Waals surface area contributed by atoms with E-state index in [9.17, 15) is 9.59 Å². The molecule has 0 aliphatic rings. The van der Waals surface area contributed by atoms with Crippen molar-refractivity contribution in [2.45, 2.75) is 39.2 Å². The third-order valence-electron chi connectivity index (χ3n) is 5.22. The van der Waals surface area contributed by atoms with Crippen LogP contribution < -0.4 is 0 Å². The highest BCUT2D eigenvalue weighted by molar-refractivity contribution is 6.07. The Morgan fingerprint density at radius 3 is 1.84 bits per heavy atom. The van der Waals surface area contributed by atoms with E-state index in [1.807, 2.05) is 6.92 Å². The molecule has 0 saturated carbocycles. The summed E-state index contributed by atoms with van der Waals surface area (Å²) in [6.07, 6.45) is 5.33. The highest BCUT2D eigenvalue weighted by Gasteiger charge is 2.14. The van der Waals surface area contributed by atoms with Gasteiger partial charge in [-0.25, -0.2) is 0 Å². The van der Waals surface area contributed by atoms with E-state index in [1.165, 1.54) is 21.8 Å². The minimum absolute atomic E-state index is 0.00826. The topological polar surface area (TPSA) is 39.1 Å². The Morgan fingerprint density at radius 2 is 1.32 bits per heavy atom. The van der Waals surface area contributed by atoms with E-state index in [-0.39, 0.29) is 11.8 Å². The van der Waals surface area contributed by atoms with Crippen molar-refractivity contribution in [1.29, 1.82) is 0 Å². The molecule has 2 unspecified atom stereocenters. The second kappa shape index (κ2) is 8.11. The van der Waals surface area contributed by atoms with Gasteiger partial charge in [-0.15, -0.1) is 0 Å². The lowest BCUT2D eigenvalue weighted by Gasteiger charge is -2.14. The Morgan fingerprint density at radius 1 is 0.800 bits per heavy atom. The summed E-state index contributed by atoms with van der Waals surface area (Å²) in [6.45, 7) is 2.84. The van der Waals surface area contributed by atoms with Gasteiger partial charge in [-0.1, -0.05) is 43.3 Å². The van der Waals surface area contributed by atoms with Gasteiger partial charge in [0.05, 0.1) is 0 Å². The lowest BCUT2D eigenvalue weighted by atomic mass is 9.94. The van der Waals surface area contributed by atoms with E-state index in [4.69, 9.17) is 0 Å². The van der Waals surface area contributed by atoms with E-state index in [2.05, 4.69) is 53.1 Å². The summed E-state index contributed by atoms with van der Waals surface area (Å²) in [5, 5.41) is 2.51.